The maximum absolute atomic E-state index is 5.75. The third-order valence-electron chi connectivity index (χ3n) is 26.0. The van der Waals surface area contributed by atoms with E-state index in [9.17, 15) is 0 Å². The van der Waals surface area contributed by atoms with Crippen molar-refractivity contribution in [3.05, 3.63) is 470 Å². The molecule has 3 aliphatic heterocycles. The van der Waals surface area contributed by atoms with E-state index in [1.807, 2.05) is 23.5 Å². The number of anilines is 9. The minimum atomic E-state index is -2.28. The van der Waals surface area contributed by atoms with Gasteiger partial charge >= 0.3 is 207 Å². The van der Waals surface area contributed by atoms with Crippen molar-refractivity contribution in [2.75, 3.05) is 54.3 Å². The average molecular weight is 2190 g/mol. The predicted molar refractivity (Wildman–Crippen MR) is 605 cm³/mol. The molecule has 140 heavy (non-hydrogen) atoms. The molecular formula is C123H111BBr3N3O6S3Sn. The van der Waals surface area contributed by atoms with Crippen LogP contribution < -0.4 is 23.1 Å². The summed E-state index contributed by atoms with van der Waals surface area (Å²) in [6.45, 7) is 4.19. The van der Waals surface area contributed by atoms with Gasteiger partial charge in [0, 0.05) is 108 Å². The Morgan fingerprint density at radius 3 is 1.11 bits per heavy atom. The van der Waals surface area contributed by atoms with Gasteiger partial charge in [-0.2, -0.15) is 0 Å². The van der Waals surface area contributed by atoms with Crippen LogP contribution in [-0.4, -0.2) is 65.1 Å². The molecule has 0 atom stereocenters. The van der Waals surface area contributed by atoms with Gasteiger partial charge in [0.1, 0.15) is 0 Å². The van der Waals surface area contributed by atoms with Crippen molar-refractivity contribution in [3.63, 3.8) is 0 Å². The molecule has 3 aromatic heterocycles. The maximum Gasteiger partial charge on any atom is 0.493 e. The van der Waals surface area contributed by atoms with Crippen molar-refractivity contribution < 1.29 is 28.3 Å². The normalized spacial score (nSPS) is 13.8. The Bertz CT molecular complexity index is 6990. The Morgan fingerprint density at radius 2 is 0.693 bits per heavy atom. The van der Waals surface area contributed by atoms with Crippen molar-refractivity contribution in [1.82, 2.24) is 0 Å². The summed E-state index contributed by atoms with van der Waals surface area (Å²) in [4.78, 5) is 14.4. The van der Waals surface area contributed by atoms with Crippen LogP contribution in [0.4, 0.5) is 51.2 Å². The van der Waals surface area contributed by atoms with E-state index < -0.39 is 18.4 Å². The van der Waals surface area contributed by atoms with Crippen LogP contribution in [-0.2, 0) is 46.5 Å². The van der Waals surface area contributed by atoms with Crippen LogP contribution in [0.2, 0.25) is 14.8 Å². The number of aryl methyl sites for hydroxylation is 2. The van der Waals surface area contributed by atoms with Crippen molar-refractivity contribution >= 4 is 197 Å². The van der Waals surface area contributed by atoms with Gasteiger partial charge in [-0.3, -0.25) is 0 Å². The Labute approximate surface area is 865 Å². The van der Waals surface area contributed by atoms with Crippen LogP contribution in [0.25, 0.3) is 63.6 Å². The number of benzene rings is 16. The van der Waals surface area contributed by atoms with Gasteiger partial charge in [0.25, 0.3) is 0 Å². The van der Waals surface area contributed by atoms with E-state index in [-0.39, 0.29) is 25.1 Å². The summed E-state index contributed by atoms with van der Waals surface area (Å²) in [6, 6.07) is 147. The predicted octanol–water partition coefficient (Wildman–Crippen LogP) is 35.0. The molecule has 4 aliphatic rings. The first kappa shape index (κ1) is 97.7. The van der Waals surface area contributed by atoms with Gasteiger partial charge < -0.3 is 38.1 Å². The largest absolute Gasteiger partial charge is 0.493 e. The number of halogens is 3. The van der Waals surface area contributed by atoms with Crippen LogP contribution in [0.3, 0.4) is 0 Å². The van der Waals surface area contributed by atoms with Crippen LogP contribution in [0.1, 0.15) is 90.9 Å². The molecule has 6 heterocycles. The van der Waals surface area contributed by atoms with E-state index in [2.05, 4.69) is 488 Å². The number of ether oxygens (including phenoxy) is 4. The fourth-order valence-corrected chi connectivity index (χ4v) is 30.4. The molecule has 0 radical (unpaired) electrons. The van der Waals surface area contributed by atoms with Crippen molar-refractivity contribution in [2.24, 2.45) is 0 Å². The maximum atomic E-state index is 5.75. The molecule has 0 N–H and O–H groups in total. The fourth-order valence-electron chi connectivity index (χ4n) is 19.3. The zero-order valence-corrected chi connectivity index (χ0v) is 89.0. The second-order valence-electron chi connectivity index (χ2n) is 36.4. The monoisotopic (exact) mass is 2190 g/mol. The molecule has 0 unspecified atom stereocenters. The number of nitrogens with zero attached hydrogens (tertiary/aromatic N) is 3. The van der Waals surface area contributed by atoms with E-state index in [0.717, 1.165) is 131 Å². The number of fused-ring (bicyclic) bond motifs is 6. The van der Waals surface area contributed by atoms with Crippen LogP contribution in [0.15, 0.2) is 437 Å². The van der Waals surface area contributed by atoms with E-state index in [0.29, 0.717) is 26.4 Å². The molecule has 700 valence electrons. The Hall–Kier alpha value is -11.1. The van der Waals surface area contributed by atoms with Crippen molar-refractivity contribution in [3.8, 4) is 33.4 Å². The molecule has 16 aromatic carbocycles. The Kier molecular flexibility index (Phi) is 32.9. The quantitative estimate of drug-likeness (QED) is 0.0411. The van der Waals surface area contributed by atoms with Gasteiger partial charge in [-0.25, -0.2) is 0 Å². The van der Waals surface area contributed by atoms with Crippen LogP contribution in [0.5, 0.6) is 0 Å². The fraction of sp³-hybridized carbons (Fsp3) is 0.171. The summed E-state index contributed by atoms with van der Waals surface area (Å²) < 4.78 is 43.6. The molecule has 3 saturated heterocycles. The van der Waals surface area contributed by atoms with Gasteiger partial charge in [-0.15, -0.1) is 22.7 Å². The molecule has 0 spiro atoms. The minimum Gasteiger partial charge on any atom is -0.407 e. The van der Waals surface area contributed by atoms with Crippen LogP contribution in [0, 0.1) is 0 Å². The van der Waals surface area contributed by atoms with Gasteiger partial charge in [0.05, 0.1) is 26.4 Å². The molecule has 0 bridgehead atoms. The molecular weight excluding hydrogens is 2080 g/mol. The topological polar surface area (TPSA) is 65.1 Å². The molecule has 0 saturated carbocycles. The summed E-state index contributed by atoms with van der Waals surface area (Å²) >= 11 is 14.4. The Morgan fingerprint density at radius 1 is 0.329 bits per heavy atom. The number of rotatable bonds is 25. The van der Waals surface area contributed by atoms with Gasteiger partial charge in [0.2, 0.25) is 0 Å². The second-order valence-corrected chi connectivity index (χ2v) is 57.3. The molecule has 9 nitrogen and oxygen atoms in total. The summed E-state index contributed by atoms with van der Waals surface area (Å²) in [5.41, 5.74) is 27.4. The number of hydrogen-bond donors (Lipinski definition) is 0. The smallest absolute Gasteiger partial charge is 0.407 e. The molecule has 1 aliphatic carbocycles. The summed E-state index contributed by atoms with van der Waals surface area (Å²) in [7, 11) is -0.246. The molecule has 23 rings (SSSR count). The zero-order valence-electron chi connectivity index (χ0n) is 78.9. The number of unbranched alkanes of at least 4 members (excludes halogenated alkanes) is 2. The summed E-state index contributed by atoms with van der Waals surface area (Å²) in [5, 5.41) is 8.40. The average Bonchev–Trinajstić information content (AvgIpc) is 1.56. The van der Waals surface area contributed by atoms with E-state index in [4.69, 9.17) is 28.3 Å². The number of hydrogen-bond acceptors (Lipinski definition) is 12. The van der Waals surface area contributed by atoms with Gasteiger partial charge in [0.15, 0.2) is 12.6 Å². The molecule has 17 heteroatoms. The minimum absolute atomic E-state index is 0.0149. The molecule has 0 amide bonds. The van der Waals surface area contributed by atoms with Gasteiger partial charge in [-0.05, 0) is 220 Å². The number of thiophene rings is 3. The summed E-state index contributed by atoms with van der Waals surface area (Å²) in [5.74, 6) is 0. The first-order valence-electron chi connectivity index (χ1n) is 48.4. The first-order valence-corrected chi connectivity index (χ1v) is 63.3. The van der Waals surface area contributed by atoms with E-state index in [1.54, 1.807) is 25.6 Å². The zero-order chi connectivity index (χ0) is 95.4. The second kappa shape index (κ2) is 47.2. The molecule has 19 aromatic rings. The van der Waals surface area contributed by atoms with Crippen molar-refractivity contribution in [2.45, 2.75) is 90.6 Å². The third-order valence-corrected chi connectivity index (χ3v) is 40.4. The SMILES string of the molecule is Brc1ccc2c(c1)C(CCCCc1cccc(C3OCCO3)c1)(CCCCc1cccc(C3OCCO3)c1)c1cc(Br)ccc1-2.Brc1csc2ccccc12.[CH3][Sn]([CH3])([CH3])[c]1sc2ccccc2c1-c1ccc(N(c2ccccc2)c2ccccc2)cc1.c1ccc(N(c2ccccc2)c2ccc(-c3csc4ccccc34)cc2)cc1.c1ccc(N(c2ccccc2)c2ccc(B3OCCCO3)cc2)cc1. The molecule has 3 fully saturated rings. The van der Waals surface area contributed by atoms with E-state index >= 15 is 0 Å². The number of para-hydroxylation sites is 6. The summed E-state index contributed by atoms with van der Waals surface area (Å²) in [6.07, 6.45) is 9.47. The van der Waals surface area contributed by atoms with E-state index in [1.165, 1.54) is 107 Å². The standard InChI is InChI=1S/C39H40Br2O4.C26H19NS.C26H18NS.C21H20BNO2.C8H5BrS.3CH3.Sn/c40-31-13-15-33-34-16-14-32(41)26-36(34)39(35(33)25-31,17-3-1-7-27-9-5-11-29(23-27)37-42-19-20-43-37)18-4-2-8-28-10-6-12-30(24-28)38-44-21-22-45-38;2*1-3-9-21(10-4-1)27(22-11-5-2-6-12-22)23-17-15-20(16-18-23)25-19-28-26-14-8-7-13-24(25)26;1-3-8-19(9-4-1)23(20-10-5-2-6-11-20)21-14-12-18(13-15-21)22-24-16-7-17-25-22;9-7-5-10-8-4-2-1-3-6(7)8;;;;/h5-6,9-16,23-26,37-38H,1-4,7-8,17-22H2;1-19H;1-18H;1-6,8-15H,7,16-17H2;1-5H;3*1H3;. The van der Waals surface area contributed by atoms with Crippen LogP contribution >= 0.6 is 81.8 Å². The van der Waals surface area contributed by atoms with Gasteiger partial charge in [-0.1, -0.05) is 239 Å². The van der Waals surface area contributed by atoms with Crippen molar-refractivity contribution in [1.29, 1.82) is 0 Å². The first-order chi connectivity index (χ1) is 68.8. The Balaban J connectivity index is 0.000000117. The third kappa shape index (κ3) is 23.6.